The van der Waals surface area contributed by atoms with Gasteiger partial charge >= 0.3 is 0 Å². The molecule has 0 aliphatic heterocycles. The average molecular weight is 281 g/mol. The van der Waals surface area contributed by atoms with Crippen molar-refractivity contribution in [3.8, 4) is 17.0 Å². The minimum Gasteiger partial charge on any atom is -0.508 e. The highest BCUT2D eigenvalue weighted by molar-refractivity contribution is 5.85. The van der Waals surface area contributed by atoms with Crippen molar-refractivity contribution >= 4 is 10.8 Å². The molecule has 0 unspecified atom stereocenters. The normalized spacial score (nSPS) is 11.2. The standard InChI is InChI=1S/C18H16FNO/c1-11(2)18-15(19)7-14(9-17(18)21)16-8-12-5-3-4-6-13(12)10-20-16/h3-11,21H,1-2H3. The Kier molecular flexibility index (Phi) is 3.34. The number of benzene rings is 2. The van der Waals surface area contributed by atoms with E-state index in [-0.39, 0.29) is 11.7 Å². The molecule has 0 amide bonds. The van der Waals surface area contributed by atoms with Gasteiger partial charge in [0.15, 0.2) is 0 Å². The molecule has 0 saturated heterocycles. The smallest absolute Gasteiger partial charge is 0.131 e. The van der Waals surface area contributed by atoms with Crippen molar-refractivity contribution in [2.45, 2.75) is 19.8 Å². The van der Waals surface area contributed by atoms with Crippen molar-refractivity contribution in [3.05, 3.63) is 60.0 Å². The Bertz CT molecular complexity index is 788. The minimum absolute atomic E-state index is 0.0186. The number of hydrogen-bond donors (Lipinski definition) is 1. The van der Waals surface area contributed by atoms with E-state index in [1.54, 1.807) is 12.3 Å². The molecule has 2 nitrogen and oxygen atoms in total. The van der Waals surface area contributed by atoms with Crippen molar-refractivity contribution in [2.75, 3.05) is 0 Å². The lowest BCUT2D eigenvalue weighted by Gasteiger charge is -2.12. The third-order valence-electron chi connectivity index (χ3n) is 3.61. The number of phenolic OH excluding ortho intramolecular Hbond substituents is 1. The van der Waals surface area contributed by atoms with E-state index >= 15 is 0 Å². The first-order valence-electron chi connectivity index (χ1n) is 6.94. The number of nitrogens with zero attached hydrogens (tertiary/aromatic N) is 1. The van der Waals surface area contributed by atoms with Crippen molar-refractivity contribution in [1.29, 1.82) is 0 Å². The lowest BCUT2D eigenvalue weighted by molar-refractivity contribution is 0.454. The third kappa shape index (κ3) is 2.47. The van der Waals surface area contributed by atoms with Gasteiger partial charge in [-0.25, -0.2) is 4.39 Å². The zero-order valence-corrected chi connectivity index (χ0v) is 12.0. The van der Waals surface area contributed by atoms with Crippen LogP contribution in [0, 0.1) is 5.82 Å². The maximum Gasteiger partial charge on any atom is 0.131 e. The summed E-state index contributed by atoms with van der Waals surface area (Å²) in [4.78, 5) is 4.36. The lowest BCUT2D eigenvalue weighted by atomic mass is 9.98. The molecule has 106 valence electrons. The summed E-state index contributed by atoms with van der Waals surface area (Å²) >= 11 is 0. The summed E-state index contributed by atoms with van der Waals surface area (Å²) in [6.07, 6.45) is 1.76. The number of phenols is 1. The van der Waals surface area contributed by atoms with Crippen molar-refractivity contribution in [1.82, 2.24) is 4.98 Å². The molecule has 0 aliphatic rings. The summed E-state index contributed by atoms with van der Waals surface area (Å²) < 4.78 is 14.2. The number of rotatable bonds is 2. The van der Waals surface area contributed by atoms with Gasteiger partial charge in [0.05, 0.1) is 5.69 Å². The summed E-state index contributed by atoms with van der Waals surface area (Å²) in [5.74, 6) is -0.478. The first-order chi connectivity index (χ1) is 10.1. The van der Waals surface area contributed by atoms with E-state index in [1.807, 2.05) is 44.2 Å². The number of fused-ring (bicyclic) bond motifs is 1. The van der Waals surface area contributed by atoms with Crippen LogP contribution < -0.4 is 0 Å². The summed E-state index contributed by atoms with van der Waals surface area (Å²) in [5.41, 5.74) is 1.58. The van der Waals surface area contributed by atoms with Gasteiger partial charge in [-0.1, -0.05) is 38.1 Å². The number of halogens is 1. The van der Waals surface area contributed by atoms with Crippen LogP contribution in [0.25, 0.3) is 22.0 Å². The van der Waals surface area contributed by atoms with E-state index in [0.717, 1.165) is 10.8 Å². The molecule has 0 bridgehead atoms. The van der Waals surface area contributed by atoms with E-state index in [1.165, 1.54) is 6.07 Å². The molecule has 21 heavy (non-hydrogen) atoms. The van der Waals surface area contributed by atoms with Crippen molar-refractivity contribution < 1.29 is 9.50 Å². The molecule has 2 aromatic carbocycles. The Balaban J connectivity index is 2.14. The van der Waals surface area contributed by atoms with E-state index < -0.39 is 5.82 Å². The Morgan fingerprint density at radius 1 is 1.05 bits per heavy atom. The SMILES string of the molecule is CC(C)c1c(O)cc(-c2cc3ccccc3cn2)cc1F. The zero-order chi connectivity index (χ0) is 15.0. The molecule has 0 spiro atoms. The van der Waals surface area contributed by atoms with E-state index in [2.05, 4.69) is 4.98 Å². The average Bonchev–Trinajstić information content (AvgIpc) is 2.45. The van der Waals surface area contributed by atoms with Crippen LogP contribution in [0.2, 0.25) is 0 Å². The van der Waals surface area contributed by atoms with Crippen LogP contribution in [-0.2, 0) is 0 Å². The highest BCUT2D eigenvalue weighted by atomic mass is 19.1. The number of aromatic nitrogens is 1. The Morgan fingerprint density at radius 3 is 2.43 bits per heavy atom. The summed E-state index contributed by atoms with van der Waals surface area (Å²) in [5, 5.41) is 12.1. The molecule has 0 atom stereocenters. The van der Waals surface area contributed by atoms with Gasteiger partial charge in [-0.15, -0.1) is 0 Å². The molecule has 0 radical (unpaired) electrons. The van der Waals surface area contributed by atoms with Gasteiger partial charge < -0.3 is 5.11 Å². The largest absolute Gasteiger partial charge is 0.508 e. The monoisotopic (exact) mass is 281 g/mol. The fourth-order valence-electron chi connectivity index (χ4n) is 2.56. The molecule has 1 N–H and O–H groups in total. The van der Waals surface area contributed by atoms with Gasteiger partial charge in [-0.05, 0) is 29.5 Å². The highest BCUT2D eigenvalue weighted by Gasteiger charge is 2.15. The Hall–Kier alpha value is -2.42. The first-order valence-corrected chi connectivity index (χ1v) is 6.94. The predicted molar refractivity (Wildman–Crippen MR) is 82.9 cm³/mol. The van der Waals surface area contributed by atoms with Crippen LogP contribution in [0.4, 0.5) is 4.39 Å². The molecular weight excluding hydrogens is 265 g/mol. The van der Waals surface area contributed by atoms with Crippen LogP contribution >= 0.6 is 0 Å². The first kappa shape index (κ1) is 13.6. The van der Waals surface area contributed by atoms with Crippen LogP contribution in [-0.4, -0.2) is 10.1 Å². The lowest BCUT2D eigenvalue weighted by Crippen LogP contribution is -1.95. The second-order valence-electron chi connectivity index (χ2n) is 5.46. The van der Waals surface area contributed by atoms with Crippen LogP contribution in [0.3, 0.4) is 0 Å². The molecule has 3 aromatic rings. The molecule has 1 heterocycles. The van der Waals surface area contributed by atoms with E-state index in [0.29, 0.717) is 16.8 Å². The minimum atomic E-state index is -0.394. The molecule has 0 saturated carbocycles. The second-order valence-corrected chi connectivity index (χ2v) is 5.46. The van der Waals surface area contributed by atoms with Crippen LogP contribution in [0.15, 0.2) is 48.7 Å². The van der Waals surface area contributed by atoms with E-state index in [4.69, 9.17) is 0 Å². The number of aromatic hydroxyl groups is 1. The summed E-state index contributed by atoms with van der Waals surface area (Å²) in [6.45, 7) is 3.71. The second kappa shape index (κ2) is 5.17. The molecule has 0 aliphatic carbocycles. The molecule has 0 fully saturated rings. The maximum atomic E-state index is 14.2. The highest BCUT2D eigenvalue weighted by Crippen LogP contribution is 2.33. The Morgan fingerprint density at radius 2 is 1.76 bits per heavy atom. The summed E-state index contributed by atoms with van der Waals surface area (Å²) in [7, 11) is 0. The van der Waals surface area contributed by atoms with E-state index in [9.17, 15) is 9.50 Å². The zero-order valence-electron chi connectivity index (χ0n) is 12.0. The van der Waals surface area contributed by atoms with Gasteiger partial charge in [-0.2, -0.15) is 0 Å². The third-order valence-corrected chi connectivity index (χ3v) is 3.61. The van der Waals surface area contributed by atoms with Crippen LogP contribution in [0.1, 0.15) is 25.3 Å². The van der Waals surface area contributed by atoms with Gasteiger partial charge in [0.2, 0.25) is 0 Å². The molecular formula is C18H16FNO. The summed E-state index contributed by atoms with van der Waals surface area (Å²) in [6, 6.07) is 12.8. The molecule has 3 rings (SSSR count). The fourth-order valence-corrected chi connectivity index (χ4v) is 2.56. The topological polar surface area (TPSA) is 33.1 Å². The fraction of sp³-hybridized carbons (Fsp3) is 0.167. The number of hydrogen-bond acceptors (Lipinski definition) is 2. The quantitative estimate of drug-likeness (QED) is 0.727. The van der Waals surface area contributed by atoms with Gasteiger partial charge in [-0.3, -0.25) is 4.98 Å². The van der Waals surface area contributed by atoms with Gasteiger partial charge in [0.1, 0.15) is 11.6 Å². The van der Waals surface area contributed by atoms with Crippen molar-refractivity contribution in [2.24, 2.45) is 0 Å². The Labute approximate surface area is 122 Å². The van der Waals surface area contributed by atoms with Crippen molar-refractivity contribution in [3.63, 3.8) is 0 Å². The van der Waals surface area contributed by atoms with Gasteiger partial charge in [0.25, 0.3) is 0 Å². The van der Waals surface area contributed by atoms with Gasteiger partial charge in [0, 0.05) is 22.7 Å². The number of pyridine rings is 1. The molecule has 1 aromatic heterocycles. The maximum absolute atomic E-state index is 14.2. The van der Waals surface area contributed by atoms with Crippen LogP contribution in [0.5, 0.6) is 5.75 Å². The molecule has 3 heteroatoms. The predicted octanol–water partition coefficient (Wildman–Crippen LogP) is 4.87.